The second-order valence-corrected chi connectivity index (χ2v) is 7.36. The van der Waals surface area contributed by atoms with E-state index in [1.165, 1.54) is 0 Å². The number of carbonyl (C=O) groups excluding carboxylic acids is 2. The van der Waals surface area contributed by atoms with Crippen LogP contribution in [0.2, 0.25) is 0 Å². The molecule has 0 bridgehead atoms. The predicted molar refractivity (Wildman–Crippen MR) is 117 cm³/mol. The minimum atomic E-state index is -0.417. The fraction of sp³-hybridized carbons (Fsp3) is 0.174. The fourth-order valence-corrected chi connectivity index (χ4v) is 4.15. The normalized spacial score (nSPS) is 14.3. The summed E-state index contributed by atoms with van der Waals surface area (Å²) < 4.78 is 2.14. The summed E-state index contributed by atoms with van der Waals surface area (Å²) in [6, 6.07) is 15.5. The highest BCUT2D eigenvalue weighted by atomic mass is 16.2. The number of hydrogen-bond acceptors (Lipinski definition) is 4. The first-order chi connectivity index (χ1) is 14.7. The molecule has 3 heterocycles. The first-order valence-electron chi connectivity index (χ1n) is 9.95. The maximum absolute atomic E-state index is 12.9. The van der Waals surface area contributed by atoms with Crippen molar-refractivity contribution in [2.24, 2.45) is 0 Å². The Morgan fingerprint density at radius 3 is 2.53 bits per heavy atom. The van der Waals surface area contributed by atoms with E-state index in [0.29, 0.717) is 16.8 Å². The van der Waals surface area contributed by atoms with Gasteiger partial charge in [0.05, 0.1) is 16.7 Å². The molecule has 2 amide bonds. The summed E-state index contributed by atoms with van der Waals surface area (Å²) in [5.74, 6) is -0.806. The molecule has 4 aromatic rings. The maximum Gasteiger partial charge on any atom is 0.261 e. The standard InChI is InChI=1S/C23H21N5O2/c1-24-11-6-12-28-13-16(14-7-3-5-10-18(14)28)19-20(23(30)25-22(19)29)21-15-8-2-4-9-17(15)26-27-21/h2-5,7-10,13,24H,6,11-12H2,1H3,(H,26,27)(H,25,29,30). The molecule has 30 heavy (non-hydrogen) atoms. The molecule has 1 aliphatic rings. The Morgan fingerprint density at radius 1 is 0.967 bits per heavy atom. The van der Waals surface area contributed by atoms with E-state index in [1.807, 2.05) is 61.8 Å². The van der Waals surface area contributed by atoms with Crippen LogP contribution in [0, 0.1) is 0 Å². The number of para-hydroxylation sites is 2. The predicted octanol–water partition coefficient (Wildman–Crippen LogP) is 2.69. The van der Waals surface area contributed by atoms with E-state index in [-0.39, 0.29) is 5.91 Å². The zero-order valence-electron chi connectivity index (χ0n) is 16.5. The Bertz CT molecular complexity index is 1330. The van der Waals surface area contributed by atoms with E-state index in [9.17, 15) is 9.59 Å². The molecule has 0 fully saturated rings. The lowest BCUT2D eigenvalue weighted by molar-refractivity contribution is -0.122. The number of imide groups is 1. The van der Waals surface area contributed by atoms with Gasteiger partial charge in [-0.05, 0) is 32.1 Å². The molecule has 0 saturated heterocycles. The lowest BCUT2D eigenvalue weighted by Crippen LogP contribution is -2.22. The van der Waals surface area contributed by atoms with Gasteiger partial charge >= 0.3 is 0 Å². The van der Waals surface area contributed by atoms with Crippen molar-refractivity contribution < 1.29 is 9.59 Å². The fourth-order valence-electron chi connectivity index (χ4n) is 4.15. The molecular weight excluding hydrogens is 378 g/mol. The van der Waals surface area contributed by atoms with Gasteiger partial charge in [0.25, 0.3) is 11.8 Å². The van der Waals surface area contributed by atoms with Gasteiger partial charge in [0.1, 0.15) is 5.69 Å². The number of nitrogens with one attached hydrogen (secondary N) is 3. The third kappa shape index (κ3) is 2.83. The minimum Gasteiger partial charge on any atom is -0.347 e. The number of amides is 2. The number of nitrogens with zero attached hydrogens (tertiary/aromatic N) is 2. The van der Waals surface area contributed by atoms with Gasteiger partial charge < -0.3 is 9.88 Å². The third-order valence-corrected chi connectivity index (χ3v) is 5.52. The molecule has 150 valence electrons. The van der Waals surface area contributed by atoms with Crippen LogP contribution < -0.4 is 10.6 Å². The van der Waals surface area contributed by atoms with Crippen LogP contribution in [0.4, 0.5) is 0 Å². The van der Waals surface area contributed by atoms with Crippen molar-refractivity contribution in [3.63, 3.8) is 0 Å². The molecule has 0 saturated carbocycles. The summed E-state index contributed by atoms with van der Waals surface area (Å²) in [6.45, 7) is 1.71. The van der Waals surface area contributed by atoms with Gasteiger partial charge in [-0.3, -0.25) is 20.0 Å². The molecule has 0 aliphatic carbocycles. The molecule has 0 radical (unpaired) electrons. The van der Waals surface area contributed by atoms with E-state index >= 15 is 0 Å². The van der Waals surface area contributed by atoms with Crippen LogP contribution in [-0.4, -0.2) is 40.2 Å². The Kier molecular flexibility index (Phi) is 4.44. The lowest BCUT2D eigenvalue weighted by Gasteiger charge is -2.04. The van der Waals surface area contributed by atoms with Gasteiger partial charge in [0, 0.05) is 34.6 Å². The van der Waals surface area contributed by atoms with E-state index in [2.05, 4.69) is 25.4 Å². The third-order valence-electron chi connectivity index (χ3n) is 5.52. The smallest absolute Gasteiger partial charge is 0.261 e. The summed E-state index contributed by atoms with van der Waals surface area (Å²) in [7, 11) is 1.93. The van der Waals surface area contributed by atoms with Crippen LogP contribution in [0.25, 0.3) is 33.0 Å². The number of fused-ring (bicyclic) bond motifs is 2. The number of aromatic amines is 1. The van der Waals surface area contributed by atoms with Crippen molar-refractivity contribution >= 4 is 44.8 Å². The summed E-state index contributed by atoms with van der Waals surface area (Å²) in [4.78, 5) is 25.7. The first-order valence-corrected chi connectivity index (χ1v) is 9.95. The largest absolute Gasteiger partial charge is 0.347 e. The quantitative estimate of drug-likeness (QED) is 0.343. The van der Waals surface area contributed by atoms with Gasteiger partial charge in [0.2, 0.25) is 0 Å². The molecule has 5 rings (SSSR count). The first kappa shape index (κ1) is 18.3. The molecular formula is C23H21N5O2. The van der Waals surface area contributed by atoms with Gasteiger partial charge in [-0.2, -0.15) is 5.10 Å². The topological polar surface area (TPSA) is 91.8 Å². The van der Waals surface area contributed by atoms with Crippen LogP contribution in [0.3, 0.4) is 0 Å². The molecule has 2 aromatic carbocycles. The number of rotatable bonds is 6. The van der Waals surface area contributed by atoms with Crippen LogP contribution in [-0.2, 0) is 16.1 Å². The second-order valence-electron chi connectivity index (χ2n) is 7.36. The Labute approximate surface area is 172 Å². The van der Waals surface area contributed by atoms with Gasteiger partial charge in [-0.1, -0.05) is 36.4 Å². The summed E-state index contributed by atoms with van der Waals surface area (Å²) in [5.41, 5.74) is 3.79. The van der Waals surface area contributed by atoms with E-state index in [4.69, 9.17) is 0 Å². The molecule has 7 heteroatoms. The van der Waals surface area contributed by atoms with Crippen LogP contribution >= 0.6 is 0 Å². The molecule has 2 aromatic heterocycles. The number of aromatic nitrogens is 3. The average Bonchev–Trinajstić information content (AvgIpc) is 3.41. The highest BCUT2D eigenvalue weighted by Crippen LogP contribution is 2.37. The van der Waals surface area contributed by atoms with Crippen molar-refractivity contribution in [3.05, 3.63) is 66.0 Å². The van der Waals surface area contributed by atoms with Gasteiger partial charge in [-0.25, -0.2) is 0 Å². The molecule has 0 unspecified atom stereocenters. The van der Waals surface area contributed by atoms with Gasteiger partial charge in [0.15, 0.2) is 0 Å². The second kappa shape index (κ2) is 7.27. The van der Waals surface area contributed by atoms with E-state index < -0.39 is 5.91 Å². The SMILES string of the molecule is CNCCCn1cc(C2=C(c3n[nH]c4ccccc34)C(=O)NC2=O)c2ccccc21. The molecule has 1 aliphatic heterocycles. The van der Waals surface area contributed by atoms with Crippen LogP contribution in [0.1, 0.15) is 17.7 Å². The maximum atomic E-state index is 12.9. The highest BCUT2D eigenvalue weighted by molar-refractivity contribution is 6.50. The Hall–Kier alpha value is -3.71. The zero-order chi connectivity index (χ0) is 20.7. The van der Waals surface area contributed by atoms with Crippen molar-refractivity contribution in [2.75, 3.05) is 13.6 Å². The van der Waals surface area contributed by atoms with Gasteiger partial charge in [-0.15, -0.1) is 0 Å². The Balaban J connectivity index is 1.74. The number of hydrogen-bond donors (Lipinski definition) is 3. The zero-order valence-corrected chi connectivity index (χ0v) is 16.5. The van der Waals surface area contributed by atoms with Crippen molar-refractivity contribution in [3.8, 4) is 0 Å². The average molecular weight is 399 g/mol. The van der Waals surface area contributed by atoms with E-state index in [1.54, 1.807) is 0 Å². The molecule has 3 N–H and O–H groups in total. The summed E-state index contributed by atoms with van der Waals surface area (Å²) in [6.07, 6.45) is 2.93. The summed E-state index contributed by atoms with van der Waals surface area (Å²) >= 11 is 0. The number of carbonyl (C=O) groups is 2. The molecule has 0 atom stereocenters. The monoisotopic (exact) mass is 399 g/mol. The highest BCUT2D eigenvalue weighted by Gasteiger charge is 2.35. The number of H-pyrrole nitrogens is 1. The van der Waals surface area contributed by atoms with Crippen molar-refractivity contribution in [1.29, 1.82) is 0 Å². The molecule has 7 nitrogen and oxygen atoms in total. The minimum absolute atomic E-state index is 0.315. The van der Waals surface area contributed by atoms with Crippen LogP contribution in [0.15, 0.2) is 54.7 Å². The van der Waals surface area contributed by atoms with Crippen molar-refractivity contribution in [1.82, 2.24) is 25.4 Å². The van der Waals surface area contributed by atoms with E-state index in [0.717, 1.165) is 46.9 Å². The number of benzene rings is 2. The summed E-state index contributed by atoms with van der Waals surface area (Å²) in [5, 5.41) is 14.7. The number of aryl methyl sites for hydroxylation is 1. The Morgan fingerprint density at radius 2 is 1.70 bits per heavy atom. The van der Waals surface area contributed by atoms with Crippen molar-refractivity contribution in [2.45, 2.75) is 13.0 Å². The van der Waals surface area contributed by atoms with Crippen LogP contribution in [0.5, 0.6) is 0 Å². The lowest BCUT2D eigenvalue weighted by atomic mass is 9.97. The molecule has 0 spiro atoms.